The van der Waals surface area contributed by atoms with Gasteiger partial charge >= 0.3 is 12.0 Å². The fourth-order valence-corrected chi connectivity index (χ4v) is 1.72. The first-order valence-electron chi connectivity index (χ1n) is 6.48. The second kappa shape index (κ2) is 6.78. The van der Waals surface area contributed by atoms with Crippen molar-refractivity contribution in [1.29, 1.82) is 0 Å². The number of rotatable bonds is 5. The van der Waals surface area contributed by atoms with E-state index in [0.29, 0.717) is 24.2 Å². The molecule has 2 aromatic rings. The number of esters is 1. The molecule has 110 valence electrons. The van der Waals surface area contributed by atoms with Gasteiger partial charge in [0.1, 0.15) is 5.82 Å². The fourth-order valence-electron chi connectivity index (χ4n) is 1.72. The zero-order valence-corrected chi connectivity index (χ0v) is 11.8. The predicted molar refractivity (Wildman–Crippen MR) is 74.6 cm³/mol. The van der Waals surface area contributed by atoms with Crippen LogP contribution in [0.3, 0.4) is 0 Å². The van der Waals surface area contributed by atoms with Crippen molar-refractivity contribution >= 4 is 5.97 Å². The molecule has 1 aromatic carbocycles. The zero-order chi connectivity index (χ0) is 15.2. The minimum absolute atomic E-state index is 0.161. The van der Waals surface area contributed by atoms with Gasteiger partial charge in [-0.1, -0.05) is 6.92 Å². The van der Waals surface area contributed by atoms with Gasteiger partial charge in [-0.25, -0.2) is 19.2 Å². The summed E-state index contributed by atoms with van der Waals surface area (Å²) >= 11 is 0. The first kappa shape index (κ1) is 14.9. The topological polar surface area (TPSA) is 61.3 Å². The first-order chi connectivity index (χ1) is 10.1. The zero-order valence-electron chi connectivity index (χ0n) is 11.8. The summed E-state index contributed by atoms with van der Waals surface area (Å²) in [4.78, 5) is 19.7. The van der Waals surface area contributed by atoms with Gasteiger partial charge in [0.05, 0.1) is 19.3 Å². The van der Waals surface area contributed by atoms with Gasteiger partial charge in [0.25, 0.3) is 0 Å². The minimum atomic E-state index is -0.549. The van der Waals surface area contributed by atoms with Crippen LogP contribution in [-0.4, -0.2) is 29.7 Å². The Balaban J connectivity index is 2.31. The van der Waals surface area contributed by atoms with Gasteiger partial charge in [-0.2, -0.15) is 0 Å². The van der Waals surface area contributed by atoms with Crippen molar-refractivity contribution in [2.75, 3.05) is 13.7 Å². The predicted octanol–water partition coefficient (Wildman–Crippen LogP) is 2.86. The highest BCUT2D eigenvalue weighted by Gasteiger charge is 2.11. The van der Waals surface area contributed by atoms with Crippen LogP contribution in [0.5, 0.6) is 6.01 Å². The number of nitrogens with zero attached hydrogens (tertiary/aromatic N) is 2. The van der Waals surface area contributed by atoms with Crippen molar-refractivity contribution in [1.82, 2.24) is 9.97 Å². The van der Waals surface area contributed by atoms with Crippen LogP contribution in [0.25, 0.3) is 11.1 Å². The number of hydrogen-bond donors (Lipinski definition) is 0. The molecule has 0 N–H and O–H groups in total. The lowest BCUT2D eigenvalue weighted by Gasteiger charge is -2.07. The molecule has 0 aliphatic carbocycles. The largest absolute Gasteiger partial charge is 0.467 e. The molecule has 0 bridgehead atoms. The molecule has 0 atom stereocenters. The van der Waals surface area contributed by atoms with Crippen LogP contribution in [0.4, 0.5) is 4.39 Å². The number of hydrogen-bond acceptors (Lipinski definition) is 5. The molecule has 0 saturated carbocycles. The summed E-state index contributed by atoms with van der Waals surface area (Å²) in [6.07, 6.45) is 3.71. The molecule has 21 heavy (non-hydrogen) atoms. The van der Waals surface area contributed by atoms with E-state index in [0.717, 1.165) is 6.07 Å². The van der Waals surface area contributed by atoms with E-state index < -0.39 is 11.8 Å². The molecule has 1 aromatic heterocycles. The second-order valence-corrected chi connectivity index (χ2v) is 4.32. The van der Waals surface area contributed by atoms with Crippen LogP contribution in [0, 0.1) is 5.82 Å². The summed E-state index contributed by atoms with van der Waals surface area (Å²) in [6.45, 7) is 2.19. The Labute approximate surface area is 121 Å². The number of carbonyl (C=O) groups is 1. The highest BCUT2D eigenvalue weighted by molar-refractivity contribution is 5.91. The third-order valence-corrected chi connectivity index (χ3v) is 2.71. The molecule has 1 heterocycles. The van der Waals surface area contributed by atoms with Crippen LogP contribution in [0.2, 0.25) is 0 Å². The van der Waals surface area contributed by atoms with E-state index in [1.807, 2.05) is 6.92 Å². The van der Waals surface area contributed by atoms with Crippen LogP contribution in [-0.2, 0) is 4.74 Å². The SMILES string of the molecule is CCCOC(=O)c1cc(F)cc(-c2cnc(OC)nc2)c1. The average Bonchev–Trinajstić information content (AvgIpc) is 2.52. The third-order valence-electron chi connectivity index (χ3n) is 2.71. The maximum Gasteiger partial charge on any atom is 0.338 e. The van der Waals surface area contributed by atoms with Crippen LogP contribution in [0.15, 0.2) is 30.6 Å². The van der Waals surface area contributed by atoms with E-state index in [-0.39, 0.29) is 11.6 Å². The number of carbonyl (C=O) groups excluding carboxylic acids is 1. The molecule has 5 nitrogen and oxygen atoms in total. The van der Waals surface area contributed by atoms with E-state index in [4.69, 9.17) is 9.47 Å². The molecule has 0 unspecified atom stereocenters. The van der Waals surface area contributed by atoms with Gasteiger partial charge in [0.2, 0.25) is 0 Å². The summed E-state index contributed by atoms with van der Waals surface area (Å²) in [6, 6.07) is 4.22. The standard InChI is InChI=1S/C15H15FN2O3/c1-3-4-21-14(19)11-5-10(6-13(16)7-11)12-8-17-15(20-2)18-9-12/h5-9H,3-4H2,1-2H3. The van der Waals surface area contributed by atoms with Crippen molar-refractivity contribution in [2.45, 2.75) is 13.3 Å². The van der Waals surface area contributed by atoms with Gasteiger partial charge < -0.3 is 9.47 Å². The smallest absolute Gasteiger partial charge is 0.338 e. The first-order valence-corrected chi connectivity index (χ1v) is 6.48. The normalized spacial score (nSPS) is 10.2. The van der Waals surface area contributed by atoms with Crippen LogP contribution >= 0.6 is 0 Å². The van der Waals surface area contributed by atoms with E-state index >= 15 is 0 Å². The molecule has 0 saturated heterocycles. The second-order valence-electron chi connectivity index (χ2n) is 4.32. The lowest BCUT2D eigenvalue weighted by atomic mass is 10.1. The molecule has 6 heteroatoms. The summed E-state index contributed by atoms with van der Waals surface area (Å²) in [5.74, 6) is -1.07. The summed E-state index contributed by atoms with van der Waals surface area (Å²) in [5, 5.41) is 0. The molecule has 0 aliphatic rings. The van der Waals surface area contributed by atoms with E-state index in [1.165, 1.54) is 25.6 Å². The Morgan fingerprint density at radius 1 is 1.19 bits per heavy atom. The summed E-state index contributed by atoms with van der Waals surface area (Å²) in [7, 11) is 1.46. The lowest BCUT2D eigenvalue weighted by molar-refractivity contribution is 0.0504. The number of halogens is 1. The Morgan fingerprint density at radius 2 is 1.90 bits per heavy atom. The molecular formula is C15H15FN2O3. The van der Waals surface area contributed by atoms with E-state index in [9.17, 15) is 9.18 Å². The van der Waals surface area contributed by atoms with Crippen LogP contribution in [0.1, 0.15) is 23.7 Å². The van der Waals surface area contributed by atoms with E-state index in [2.05, 4.69) is 9.97 Å². The van der Waals surface area contributed by atoms with Gasteiger partial charge in [0.15, 0.2) is 0 Å². The molecule has 0 spiro atoms. The Hall–Kier alpha value is -2.50. The lowest BCUT2D eigenvalue weighted by Crippen LogP contribution is -2.06. The molecule has 0 radical (unpaired) electrons. The maximum absolute atomic E-state index is 13.7. The average molecular weight is 290 g/mol. The quantitative estimate of drug-likeness (QED) is 0.792. The number of methoxy groups -OCH3 is 1. The van der Waals surface area contributed by atoms with Crippen LogP contribution < -0.4 is 4.74 Å². The molecule has 0 aliphatic heterocycles. The van der Waals surface area contributed by atoms with Crippen molar-refractivity contribution in [3.63, 3.8) is 0 Å². The maximum atomic E-state index is 13.7. The van der Waals surface area contributed by atoms with Crippen molar-refractivity contribution in [3.05, 3.63) is 42.0 Å². The van der Waals surface area contributed by atoms with Gasteiger partial charge in [-0.15, -0.1) is 0 Å². The number of aromatic nitrogens is 2. The Kier molecular flexibility index (Phi) is 4.81. The monoisotopic (exact) mass is 290 g/mol. The number of ether oxygens (including phenoxy) is 2. The summed E-state index contributed by atoms with van der Waals surface area (Å²) < 4.78 is 23.5. The number of benzene rings is 1. The van der Waals surface area contributed by atoms with Crippen molar-refractivity contribution in [2.24, 2.45) is 0 Å². The minimum Gasteiger partial charge on any atom is -0.467 e. The summed E-state index contributed by atoms with van der Waals surface area (Å²) in [5.41, 5.74) is 1.25. The van der Waals surface area contributed by atoms with Gasteiger partial charge in [-0.3, -0.25) is 0 Å². The highest BCUT2D eigenvalue weighted by atomic mass is 19.1. The van der Waals surface area contributed by atoms with Crippen molar-refractivity contribution in [3.8, 4) is 17.1 Å². The van der Waals surface area contributed by atoms with Gasteiger partial charge in [0, 0.05) is 18.0 Å². The Morgan fingerprint density at radius 3 is 2.52 bits per heavy atom. The molecular weight excluding hydrogens is 275 g/mol. The Bertz CT molecular complexity index is 629. The highest BCUT2D eigenvalue weighted by Crippen LogP contribution is 2.22. The fraction of sp³-hybridized carbons (Fsp3) is 0.267. The van der Waals surface area contributed by atoms with E-state index in [1.54, 1.807) is 6.07 Å². The third kappa shape index (κ3) is 3.75. The van der Waals surface area contributed by atoms with Gasteiger partial charge in [-0.05, 0) is 30.2 Å². The van der Waals surface area contributed by atoms with Crippen molar-refractivity contribution < 1.29 is 18.7 Å². The molecule has 0 fully saturated rings. The molecule has 0 amide bonds. The molecule has 2 rings (SSSR count).